The second-order valence-corrected chi connectivity index (χ2v) is 7.44. The van der Waals surface area contributed by atoms with E-state index in [2.05, 4.69) is 10.0 Å². The Labute approximate surface area is 159 Å². The fourth-order valence-corrected chi connectivity index (χ4v) is 3.38. The van der Waals surface area contributed by atoms with Crippen LogP contribution >= 0.6 is 0 Å². The number of nitrogens with one attached hydrogen (secondary N) is 2. The summed E-state index contributed by atoms with van der Waals surface area (Å²) in [6.45, 7) is 2.80. The zero-order valence-electron chi connectivity index (χ0n) is 15.4. The number of carbonyl (C=O) groups is 1. The zero-order chi connectivity index (χ0) is 19.7. The number of rotatable bonds is 10. The van der Waals surface area contributed by atoms with Gasteiger partial charge in [-0.2, -0.15) is 0 Å². The van der Waals surface area contributed by atoms with Gasteiger partial charge in [0.25, 0.3) is 0 Å². The topological polar surface area (TPSA) is 93.7 Å². The van der Waals surface area contributed by atoms with Crippen LogP contribution < -0.4 is 19.5 Å². The molecule has 0 saturated heterocycles. The highest BCUT2D eigenvalue weighted by atomic mass is 32.2. The third kappa shape index (κ3) is 6.58. The van der Waals surface area contributed by atoms with Crippen molar-refractivity contribution in [1.82, 2.24) is 10.0 Å². The summed E-state index contributed by atoms with van der Waals surface area (Å²) in [5, 5.41) is 2.70. The fourth-order valence-electron chi connectivity index (χ4n) is 2.34. The summed E-state index contributed by atoms with van der Waals surface area (Å²) in [6.07, 6.45) is 0.220. The lowest BCUT2D eigenvalue weighted by Crippen LogP contribution is -2.35. The molecule has 0 aromatic heterocycles. The Balaban J connectivity index is 1.75. The molecular weight excluding hydrogens is 368 g/mol. The minimum atomic E-state index is -3.62. The average molecular weight is 392 g/mol. The van der Waals surface area contributed by atoms with Gasteiger partial charge in [0.1, 0.15) is 11.5 Å². The maximum atomic E-state index is 12.2. The Morgan fingerprint density at radius 1 is 0.963 bits per heavy atom. The van der Waals surface area contributed by atoms with E-state index in [0.29, 0.717) is 12.4 Å². The summed E-state index contributed by atoms with van der Waals surface area (Å²) in [6, 6.07) is 13.4. The molecule has 0 saturated carbocycles. The average Bonchev–Trinajstić information content (AvgIpc) is 2.67. The van der Waals surface area contributed by atoms with E-state index in [0.717, 1.165) is 11.3 Å². The number of methoxy groups -OCH3 is 1. The zero-order valence-corrected chi connectivity index (χ0v) is 16.2. The van der Waals surface area contributed by atoms with Gasteiger partial charge in [0.05, 0.1) is 25.0 Å². The van der Waals surface area contributed by atoms with E-state index >= 15 is 0 Å². The third-order valence-corrected chi connectivity index (χ3v) is 5.18. The minimum absolute atomic E-state index is 0.101. The number of hydrogen-bond donors (Lipinski definition) is 2. The maximum absolute atomic E-state index is 12.2. The van der Waals surface area contributed by atoms with E-state index < -0.39 is 10.0 Å². The molecule has 27 heavy (non-hydrogen) atoms. The number of hydrogen-bond acceptors (Lipinski definition) is 5. The van der Waals surface area contributed by atoms with Gasteiger partial charge in [-0.1, -0.05) is 12.1 Å². The molecule has 7 nitrogen and oxygen atoms in total. The van der Waals surface area contributed by atoms with Crippen molar-refractivity contribution in [1.29, 1.82) is 0 Å². The molecular formula is C19H24N2O5S. The first-order valence-electron chi connectivity index (χ1n) is 8.56. The lowest BCUT2D eigenvalue weighted by Gasteiger charge is -2.09. The number of benzene rings is 2. The Morgan fingerprint density at radius 3 is 2.19 bits per heavy atom. The first-order valence-corrected chi connectivity index (χ1v) is 10.0. The normalized spacial score (nSPS) is 11.0. The van der Waals surface area contributed by atoms with Gasteiger partial charge in [-0.25, -0.2) is 13.1 Å². The molecule has 2 aromatic rings. The van der Waals surface area contributed by atoms with Crippen molar-refractivity contribution in [3.05, 3.63) is 54.1 Å². The molecule has 0 spiro atoms. The molecule has 0 heterocycles. The van der Waals surface area contributed by atoms with Crippen molar-refractivity contribution in [2.75, 3.05) is 26.8 Å². The summed E-state index contributed by atoms with van der Waals surface area (Å²) >= 11 is 0. The molecule has 1 amide bonds. The molecule has 2 aromatic carbocycles. The molecule has 146 valence electrons. The van der Waals surface area contributed by atoms with Crippen molar-refractivity contribution < 1.29 is 22.7 Å². The molecule has 0 atom stereocenters. The smallest absolute Gasteiger partial charge is 0.240 e. The largest absolute Gasteiger partial charge is 0.497 e. The van der Waals surface area contributed by atoms with Crippen LogP contribution in [0.4, 0.5) is 0 Å². The van der Waals surface area contributed by atoms with Gasteiger partial charge in [0, 0.05) is 13.1 Å². The summed E-state index contributed by atoms with van der Waals surface area (Å²) in [5.74, 6) is 1.16. The Bertz CT molecular complexity index is 833. The van der Waals surface area contributed by atoms with Crippen LogP contribution in [0.15, 0.2) is 53.4 Å². The second kappa shape index (κ2) is 9.94. The molecule has 0 bridgehead atoms. The van der Waals surface area contributed by atoms with Gasteiger partial charge in [0.2, 0.25) is 15.9 Å². The number of carbonyl (C=O) groups excluding carboxylic acids is 1. The van der Waals surface area contributed by atoms with Crippen LogP contribution in [0.1, 0.15) is 12.5 Å². The van der Waals surface area contributed by atoms with Crippen LogP contribution in [-0.2, 0) is 21.2 Å². The van der Waals surface area contributed by atoms with E-state index in [1.807, 2.05) is 31.2 Å². The highest BCUT2D eigenvalue weighted by molar-refractivity contribution is 7.89. The van der Waals surface area contributed by atoms with Crippen molar-refractivity contribution in [2.45, 2.75) is 18.2 Å². The highest BCUT2D eigenvalue weighted by Crippen LogP contribution is 2.15. The molecule has 0 radical (unpaired) electrons. The number of amides is 1. The first-order chi connectivity index (χ1) is 12.9. The van der Waals surface area contributed by atoms with Crippen molar-refractivity contribution in [2.24, 2.45) is 0 Å². The van der Waals surface area contributed by atoms with Crippen molar-refractivity contribution in [3.63, 3.8) is 0 Å². The molecule has 2 rings (SSSR count). The quantitative estimate of drug-likeness (QED) is 0.601. The lowest BCUT2D eigenvalue weighted by molar-refractivity contribution is -0.120. The van der Waals surface area contributed by atoms with Gasteiger partial charge in [-0.05, 0) is 48.9 Å². The number of sulfonamides is 1. The lowest BCUT2D eigenvalue weighted by atomic mass is 10.1. The number of ether oxygens (including phenoxy) is 2. The van der Waals surface area contributed by atoms with E-state index in [4.69, 9.17) is 9.47 Å². The second-order valence-electron chi connectivity index (χ2n) is 5.68. The third-order valence-electron chi connectivity index (χ3n) is 3.71. The van der Waals surface area contributed by atoms with Gasteiger partial charge in [-0.3, -0.25) is 4.79 Å². The van der Waals surface area contributed by atoms with Crippen LogP contribution in [0.25, 0.3) is 0 Å². The Morgan fingerprint density at radius 2 is 1.59 bits per heavy atom. The highest BCUT2D eigenvalue weighted by Gasteiger charge is 2.13. The molecule has 0 unspecified atom stereocenters. The van der Waals surface area contributed by atoms with Crippen LogP contribution in [-0.4, -0.2) is 41.1 Å². The summed E-state index contributed by atoms with van der Waals surface area (Å²) in [5.41, 5.74) is 0.856. The van der Waals surface area contributed by atoms with Crippen LogP contribution in [0.3, 0.4) is 0 Å². The maximum Gasteiger partial charge on any atom is 0.240 e. The van der Waals surface area contributed by atoms with E-state index in [1.165, 1.54) is 19.2 Å². The predicted molar refractivity (Wildman–Crippen MR) is 103 cm³/mol. The van der Waals surface area contributed by atoms with Gasteiger partial charge in [0.15, 0.2) is 0 Å². The van der Waals surface area contributed by atoms with Crippen molar-refractivity contribution in [3.8, 4) is 11.5 Å². The summed E-state index contributed by atoms with van der Waals surface area (Å²) in [7, 11) is -2.11. The molecule has 0 aliphatic rings. The SMILES string of the molecule is CCOc1ccc(CC(=O)NCCNS(=O)(=O)c2ccc(OC)cc2)cc1. The van der Waals surface area contributed by atoms with Crippen LogP contribution in [0.2, 0.25) is 0 Å². The predicted octanol–water partition coefficient (Wildman–Crippen LogP) is 1.73. The van der Waals surface area contributed by atoms with Crippen LogP contribution in [0, 0.1) is 0 Å². The van der Waals surface area contributed by atoms with Crippen LogP contribution in [0.5, 0.6) is 11.5 Å². The van der Waals surface area contributed by atoms with E-state index in [9.17, 15) is 13.2 Å². The molecule has 0 aliphatic carbocycles. The minimum Gasteiger partial charge on any atom is -0.497 e. The fraction of sp³-hybridized carbons (Fsp3) is 0.316. The molecule has 0 aliphatic heterocycles. The van der Waals surface area contributed by atoms with Gasteiger partial charge < -0.3 is 14.8 Å². The van der Waals surface area contributed by atoms with E-state index in [1.54, 1.807) is 12.1 Å². The monoisotopic (exact) mass is 392 g/mol. The van der Waals surface area contributed by atoms with Gasteiger partial charge >= 0.3 is 0 Å². The van der Waals surface area contributed by atoms with Gasteiger partial charge in [-0.15, -0.1) is 0 Å². The standard InChI is InChI=1S/C19H24N2O5S/c1-3-26-17-6-4-15(5-7-17)14-19(22)20-12-13-21-27(23,24)18-10-8-16(25-2)9-11-18/h4-11,21H,3,12-14H2,1-2H3,(H,20,22). The first kappa shape index (κ1) is 20.7. The van der Waals surface area contributed by atoms with E-state index in [-0.39, 0.29) is 30.3 Å². The molecule has 2 N–H and O–H groups in total. The summed E-state index contributed by atoms with van der Waals surface area (Å²) in [4.78, 5) is 12.1. The molecule has 8 heteroatoms. The summed E-state index contributed by atoms with van der Waals surface area (Å²) < 4.78 is 37.2. The molecule has 0 fully saturated rings. The Hall–Kier alpha value is -2.58. The van der Waals surface area contributed by atoms with Crippen molar-refractivity contribution >= 4 is 15.9 Å². The Kier molecular flexibility index (Phi) is 7.63.